The molecule has 1 atom stereocenters. The molecule has 0 aromatic carbocycles. The van der Waals surface area contributed by atoms with Crippen LogP contribution in [-0.4, -0.2) is 36.0 Å². The maximum Gasteiger partial charge on any atom is 0.305 e. The minimum atomic E-state index is -0.742. The number of esters is 1. The summed E-state index contributed by atoms with van der Waals surface area (Å²) in [6, 6.07) is 0. The molecule has 0 radical (unpaired) electrons. The summed E-state index contributed by atoms with van der Waals surface area (Å²) in [5, 5.41) is 19.0. The van der Waals surface area contributed by atoms with Gasteiger partial charge in [0.2, 0.25) is 0 Å². The third-order valence-corrected chi connectivity index (χ3v) is 6.78. The molecule has 0 amide bonds. The van der Waals surface area contributed by atoms with Crippen LogP contribution >= 0.6 is 0 Å². The maximum absolute atomic E-state index is 12.2. The third kappa shape index (κ3) is 3.82. The first-order valence-electron chi connectivity index (χ1n) is 10.9. The predicted molar refractivity (Wildman–Crippen MR) is 117 cm³/mol. The fraction of sp³-hybridized carbons (Fsp3) is 0.423. The second-order valence-corrected chi connectivity index (χ2v) is 8.60. The van der Waals surface area contributed by atoms with Crippen LogP contribution in [0.2, 0.25) is 0 Å². The van der Waals surface area contributed by atoms with Gasteiger partial charge in [-0.3, -0.25) is 4.79 Å². The number of hydrogen-bond acceptors (Lipinski definition) is 4. The number of allylic oxidation sites excluding steroid dienone is 14. The zero-order chi connectivity index (χ0) is 21.1. The first-order chi connectivity index (χ1) is 14.6. The minimum Gasteiger partial charge on any atom is -0.465 e. The molecule has 0 saturated carbocycles. The molecule has 1 unspecified atom stereocenters. The lowest BCUT2D eigenvalue weighted by Crippen LogP contribution is -2.35. The molecule has 4 nitrogen and oxygen atoms in total. The van der Waals surface area contributed by atoms with Gasteiger partial charge in [-0.1, -0.05) is 55.5 Å². The van der Waals surface area contributed by atoms with Crippen molar-refractivity contribution in [2.24, 2.45) is 11.3 Å². The highest BCUT2D eigenvalue weighted by atomic mass is 16.5. The van der Waals surface area contributed by atoms with Gasteiger partial charge in [0.25, 0.3) is 0 Å². The van der Waals surface area contributed by atoms with E-state index in [-0.39, 0.29) is 25.8 Å². The smallest absolute Gasteiger partial charge is 0.305 e. The standard InChI is InChI=1S/C26H30O4/c1-2-26(15-27,16-28)17-30-23(29)8-4-5-18-9-10-21-12-11-19-6-3-7-20-13-14-22(18)25(21)24(19)20/h3,7,9-14,25,27-28H,2,4-6,8,15-17H2,1H3. The number of rotatable bonds is 9. The van der Waals surface area contributed by atoms with E-state index in [2.05, 4.69) is 48.6 Å². The first-order valence-corrected chi connectivity index (χ1v) is 10.9. The second-order valence-electron chi connectivity index (χ2n) is 8.60. The number of hydrogen-bond donors (Lipinski definition) is 2. The molecular formula is C26H30O4. The van der Waals surface area contributed by atoms with Gasteiger partial charge in [0.15, 0.2) is 0 Å². The van der Waals surface area contributed by atoms with Crippen molar-refractivity contribution >= 4 is 5.97 Å². The van der Waals surface area contributed by atoms with E-state index in [1.54, 1.807) is 0 Å². The Morgan fingerprint density at radius 2 is 1.97 bits per heavy atom. The normalized spacial score (nSPS) is 21.5. The average Bonchev–Trinajstić information content (AvgIpc) is 2.79. The molecule has 0 aliphatic heterocycles. The van der Waals surface area contributed by atoms with Gasteiger partial charge in [-0.15, -0.1) is 0 Å². The van der Waals surface area contributed by atoms with Crippen molar-refractivity contribution in [3.05, 3.63) is 82.0 Å². The summed E-state index contributed by atoms with van der Waals surface area (Å²) in [6.07, 6.45) is 21.2. The van der Waals surface area contributed by atoms with Crippen LogP contribution in [-0.2, 0) is 9.53 Å². The van der Waals surface area contributed by atoms with E-state index in [9.17, 15) is 15.0 Å². The number of ether oxygens (including phenoxy) is 1. The molecule has 2 N–H and O–H groups in total. The molecule has 158 valence electrons. The molecule has 0 fully saturated rings. The van der Waals surface area contributed by atoms with E-state index in [1.807, 2.05) is 6.92 Å². The van der Waals surface area contributed by atoms with Crippen molar-refractivity contribution in [3.8, 4) is 0 Å². The highest BCUT2D eigenvalue weighted by molar-refractivity contribution is 5.70. The Hall–Kier alpha value is -2.43. The number of carbonyl (C=O) groups is 1. The summed E-state index contributed by atoms with van der Waals surface area (Å²) in [5.74, 6) is 0.0476. The molecule has 4 heteroatoms. The maximum atomic E-state index is 12.2. The van der Waals surface area contributed by atoms with Crippen LogP contribution in [0.5, 0.6) is 0 Å². The SMILES string of the molecule is CCC(CO)(CO)COC(=O)CCCC1=CC=C2C=CC3=C4C(=CC=C1C24)C=CC3. The van der Waals surface area contributed by atoms with Gasteiger partial charge in [-0.2, -0.15) is 0 Å². The number of carbonyl (C=O) groups excluding carboxylic acids is 1. The van der Waals surface area contributed by atoms with Gasteiger partial charge < -0.3 is 14.9 Å². The Labute approximate surface area is 178 Å². The summed E-state index contributed by atoms with van der Waals surface area (Å²) < 4.78 is 5.35. The molecule has 4 aliphatic carbocycles. The van der Waals surface area contributed by atoms with E-state index in [1.165, 1.54) is 33.4 Å². The lowest BCUT2D eigenvalue weighted by Gasteiger charge is -2.37. The highest BCUT2D eigenvalue weighted by Crippen LogP contribution is 2.48. The number of aliphatic hydroxyl groups is 2. The van der Waals surface area contributed by atoms with Crippen LogP contribution in [0.4, 0.5) is 0 Å². The van der Waals surface area contributed by atoms with Crippen molar-refractivity contribution in [2.75, 3.05) is 19.8 Å². The molecule has 4 aliphatic rings. The van der Waals surface area contributed by atoms with Gasteiger partial charge in [-0.05, 0) is 59.1 Å². The lowest BCUT2D eigenvalue weighted by atomic mass is 9.67. The van der Waals surface area contributed by atoms with Crippen LogP contribution in [0.3, 0.4) is 0 Å². The quantitative estimate of drug-likeness (QED) is 0.562. The Bertz CT molecular complexity index is 924. The fourth-order valence-corrected chi connectivity index (χ4v) is 4.58. The summed E-state index contributed by atoms with van der Waals surface area (Å²) in [7, 11) is 0. The minimum absolute atomic E-state index is 0.0573. The second kappa shape index (κ2) is 8.75. The van der Waals surface area contributed by atoms with Crippen molar-refractivity contribution in [3.63, 3.8) is 0 Å². The van der Waals surface area contributed by atoms with Gasteiger partial charge in [0.05, 0.1) is 18.6 Å². The molecule has 0 saturated heterocycles. The van der Waals surface area contributed by atoms with E-state index in [0.717, 1.165) is 12.8 Å². The molecule has 0 aromatic rings. The summed E-state index contributed by atoms with van der Waals surface area (Å²) in [5.41, 5.74) is 7.41. The molecular weight excluding hydrogens is 376 g/mol. The largest absolute Gasteiger partial charge is 0.465 e. The Kier molecular flexibility index (Phi) is 6.07. The average molecular weight is 407 g/mol. The topological polar surface area (TPSA) is 66.8 Å². The molecule has 0 bridgehead atoms. The summed E-state index contributed by atoms with van der Waals surface area (Å²) >= 11 is 0. The van der Waals surface area contributed by atoms with E-state index in [0.29, 0.717) is 25.2 Å². The Morgan fingerprint density at radius 3 is 2.73 bits per heavy atom. The van der Waals surface area contributed by atoms with Crippen LogP contribution in [0, 0.1) is 11.3 Å². The zero-order valence-electron chi connectivity index (χ0n) is 17.6. The fourth-order valence-electron chi connectivity index (χ4n) is 4.58. The van der Waals surface area contributed by atoms with Crippen molar-refractivity contribution < 1.29 is 19.7 Å². The van der Waals surface area contributed by atoms with Crippen molar-refractivity contribution in [1.29, 1.82) is 0 Å². The Morgan fingerprint density at radius 1 is 1.13 bits per heavy atom. The molecule has 30 heavy (non-hydrogen) atoms. The van der Waals surface area contributed by atoms with Crippen molar-refractivity contribution in [1.82, 2.24) is 0 Å². The third-order valence-electron chi connectivity index (χ3n) is 6.78. The Balaban J connectivity index is 1.38. The van der Waals surface area contributed by atoms with Gasteiger partial charge >= 0.3 is 5.97 Å². The lowest BCUT2D eigenvalue weighted by molar-refractivity contribution is -0.149. The van der Waals surface area contributed by atoms with Crippen LogP contribution in [0.25, 0.3) is 0 Å². The van der Waals surface area contributed by atoms with Crippen molar-refractivity contribution in [2.45, 2.75) is 39.0 Å². The van der Waals surface area contributed by atoms with Crippen LogP contribution in [0.15, 0.2) is 82.0 Å². The highest BCUT2D eigenvalue weighted by Gasteiger charge is 2.34. The molecule has 4 rings (SSSR count). The molecule has 0 spiro atoms. The van der Waals surface area contributed by atoms with E-state index >= 15 is 0 Å². The zero-order valence-corrected chi connectivity index (χ0v) is 17.6. The summed E-state index contributed by atoms with van der Waals surface area (Å²) in [4.78, 5) is 12.2. The van der Waals surface area contributed by atoms with Crippen LogP contribution in [0.1, 0.15) is 39.0 Å². The predicted octanol–water partition coefficient (Wildman–Crippen LogP) is 4.26. The number of aliphatic hydroxyl groups excluding tert-OH is 2. The first kappa shape index (κ1) is 20.8. The van der Waals surface area contributed by atoms with Gasteiger partial charge in [-0.25, -0.2) is 0 Å². The summed E-state index contributed by atoms with van der Waals surface area (Å²) in [6.45, 7) is 1.54. The molecule has 0 aromatic heterocycles. The van der Waals surface area contributed by atoms with Crippen LogP contribution < -0.4 is 0 Å². The van der Waals surface area contributed by atoms with Gasteiger partial charge in [0.1, 0.15) is 6.61 Å². The van der Waals surface area contributed by atoms with Gasteiger partial charge in [0, 0.05) is 12.3 Å². The monoisotopic (exact) mass is 406 g/mol. The molecule has 0 heterocycles. The van der Waals surface area contributed by atoms with E-state index in [4.69, 9.17) is 4.74 Å². The van der Waals surface area contributed by atoms with E-state index < -0.39 is 5.41 Å².